The van der Waals surface area contributed by atoms with E-state index >= 15 is 0 Å². The summed E-state index contributed by atoms with van der Waals surface area (Å²) in [5.41, 5.74) is -6.26. The molecule has 0 aromatic carbocycles. The first-order chi connectivity index (χ1) is 47.8. The molecule has 1 spiro atoms. The number of fused-ring (bicyclic) bond motifs is 4. The Bertz CT molecular complexity index is 3030. The smallest absolute Gasteiger partial charge is 0.335 e. The molecule has 16 N–H and O–H groups in total. The lowest BCUT2D eigenvalue weighted by molar-refractivity contribution is -0.411. The molecule has 11 aliphatic rings. The molecule has 0 radical (unpaired) electrons. The molecule has 582 valence electrons. The van der Waals surface area contributed by atoms with Crippen LogP contribution in [0.25, 0.3) is 0 Å². The normalized spacial score (nSPS) is 52.1. The number of carbonyl (C=O) groups excluding carboxylic acids is 2. The van der Waals surface area contributed by atoms with Gasteiger partial charge in [-0.25, -0.2) is 14.4 Å². The number of rotatable bonds is 19. The van der Waals surface area contributed by atoms with Crippen LogP contribution in [0, 0.1) is 50.2 Å². The van der Waals surface area contributed by atoms with Crippen molar-refractivity contribution in [2.24, 2.45) is 50.2 Å². The molecule has 5 aliphatic carbocycles. The molecule has 37 atom stereocenters. The molecule has 11 fully saturated rings. The number of carboxylic acids is 1. The van der Waals surface area contributed by atoms with Gasteiger partial charge in [0.05, 0.1) is 49.1 Å². The van der Waals surface area contributed by atoms with E-state index in [4.69, 9.17) is 61.6 Å². The summed E-state index contributed by atoms with van der Waals surface area (Å²) in [6.45, 7) is 18.5. The van der Waals surface area contributed by atoms with Gasteiger partial charge in [-0.3, -0.25) is 0 Å². The van der Waals surface area contributed by atoms with Crippen LogP contribution in [0.1, 0.15) is 140 Å². The summed E-state index contributed by atoms with van der Waals surface area (Å²) >= 11 is 0. The summed E-state index contributed by atoms with van der Waals surface area (Å²) in [7, 11) is 0. The van der Waals surface area contributed by atoms with Crippen molar-refractivity contribution in [2.75, 3.05) is 19.8 Å². The lowest BCUT2D eigenvalue weighted by Crippen LogP contribution is -2.77. The molecule has 32 nitrogen and oxygen atoms in total. The zero-order chi connectivity index (χ0) is 74.8. The molecule has 0 aromatic rings. The molecule has 0 aromatic heterocycles. The van der Waals surface area contributed by atoms with E-state index in [1.165, 1.54) is 13.0 Å². The fourth-order valence-corrected chi connectivity index (χ4v) is 20.5. The third-order valence-corrected chi connectivity index (χ3v) is 26.4. The number of hydrogen-bond donors (Lipinski definition) is 16. The van der Waals surface area contributed by atoms with E-state index < -0.39 is 260 Å². The number of allylic oxidation sites excluding steroid dienone is 2. The van der Waals surface area contributed by atoms with Crippen molar-refractivity contribution in [3.05, 3.63) is 23.8 Å². The topological polar surface area (TPSA) is 495 Å². The predicted molar refractivity (Wildman–Crippen MR) is 343 cm³/mol. The zero-order valence-corrected chi connectivity index (χ0v) is 59.6. The molecule has 37 unspecified atom stereocenters. The van der Waals surface area contributed by atoms with Gasteiger partial charge in [0, 0.05) is 28.4 Å². The van der Waals surface area contributed by atoms with Crippen LogP contribution in [-0.4, -0.2) is 303 Å². The Hall–Kier alpha value is -3.15. The van der Waals surface area contributed by atoms with Gasteiger partial charge in [-0.1, -0.05) is 74.0 Å². The van der Waals surface area contributed by atoms with Crippen LogP contribution < -0.4 is 0 Å². The van der Waals surface area contributed by atoms with Crippen molar-refractivity contribution >= 4 is 17.9 Å². The van der Waals surface area contributed by atoms with E-state index in [9.17, 15) is 96.1 Å². The second kappa shape index (κ2) is 29.7. The van der Waals surface area contributed by atoms with Crippen molar-refractivity contribution in [1.29, 1.82) is 0 Å². The van der Waals surface area contributed by atoms with Crippen LogP contribution in [0.15, 0.2) is 23.8 Å². The van der Waals surface area contributed by atoms with Gasteiger partial charge >= 0.3 is 17.9 Å². The van der Waals surface area contributed by atoms with Crippen LogP contribution >= 0.6 is 0 Å². The number of aliphatic hydroxyl groups is 15. The van der Waals surface area contributed by atoms with Crippen LogP contribution in [0.3, 0.4) is 0 Å². The van der Waals surface area contributed by atoms with E-state index in [2.05, 4.69) is 20.8 Å². The number of carbonyl (C=O) groups is 3. The standard InChI is InChI=1S/C70H110O32/c1-12-14-15-16-38(75)95-55-54(101-57(88)28(3)13-2)64(5,6)23-35-69-22-18-34-66(9)20-19-37(65(7,8)33(66)17-21-67(34,10)68(69,11)24-36(74)70(35,55)63(89)102-69)94-62-53(100-59-47(84)43(80)41(78)31(25-71)92-59)49(48(85)50(97-62)56(86)87)96-61-52(45(82)42(79)32(26-72)93-61)99-60-51(44(81)39(76)29(4)91-60)98-58-46(83)40(77)30(73)27-90-58/h13,15-16,29-37,39-55,58-63,71-74,76-85,89H,12,14,17-27H2,1-11H3,(H,86,87). The van der Waals surface area contributed by atoms with Crippen LogP contribution in [-0.2, 0) is 76.0 Å². The van der Waals surface area contributed by atoms with Gasteiger partial charge in [0.25, 0.3) is 0 Å². The maximum atomic E-state index is 14.0. The average molecular weight is 1460 g/mol. The summed E-state index contributed by atoms with van der Waals surface area (Å²) in [4.78, 5) is 41.3. The van der Waals surface area contributed by atoms with E-state index in [1.807, 2.05) is 34.6 Å². The molecule has 102 heavy (non-hydrogen) atoms. The first kappa shape index (κ1) is 79.9. The van der Waals surface area contributed by atoms with Gasteiger partial charge in [-0.2, -0.15) is 0 Å². The Morgan fingerprint density at radius 3 is 1.78 bits per heavy atom. The maximum absolute atomic E-state index is 14.0. The van der Waals surface area contributed by atoms with Gasteiger partial charge < -0.3 is 143 Å². The minimum atomic E-state index is -2.37. The van der Waals surface area contributed by atoms with E-state index in [0.717, 1.165) is 6.42 Å². The van der Waals surface area contributed by atoms with Crippen molar-refractivity contribution < 1.29 is 158 Å². The van der Waals surface area contributed by atoms with Crippen molar-refractivity contribution in [3.63, 3.8) is 0 Å². The number of hydrogen-bond acceptors (Lipinski definition) is 31. The fraction of sp³-hybridized carbons (Fsp3) is 0.900. The Kier molecular flexibility index (Phi) is 23.2. The summed E-state index contributed by atoms with van der Waals surface area (Å²) in [6, 6.07) is 0. The first-order valence-corrected chi connectivity index (χ1v) is 36.0. The zero-order valence-electron chi connectivity index (χ0n) is 59.6. The maximum Gasteiger partial charge on any atom is 0.335 e. The van der Waals surface area contributed by atoms with E-state index in [-0.39, 0.29) is 24.7 Å². The van der Waals surface area contributed by atoms with Gasteiger partial charge in [0.2, 0.25) is 0 Å². The van der Waals surface area contributed by atoms with Gasteiger partial charge in [-0.05, 0) is 107 Å². The quantitative estimate of drug-likeness (QED) is 0.0375. The molecular formula is C70H110O32. The van der Waals surface area contributed by atoms with Gasteiger partial charge in [0.15, 0.2) is 49.9 Å². The van der Waals surface area contributed by atoms with Crippen LogP contribution in [0.5, 0.6) is 0 Å². The predicted octanol–water partition coefficient (Wildman–Crippen LogP) is -2.08. The number of aliphatic carboxylic acids is 1. The van der Waals surface area contributed by atoms with Gasteiger partial charge in [0.1, 0.15) is 110 Å². The van der Waals surface area contributed by atoms with E-state index in [1.54, 1.807) is 26.0 Å². The molecule has 0 amide bonds. The molecule has 2 bridgehead atoms. The highest BCUT2D eigenvalue weighted by Gasteiger charge is 2.86. The third-order valence-electron chi connectivity index (χ3n) is 26.4. The summed E-state index contributed by atoms with van der Waals surface area (Å²) in [6.07, 6.45) is -44.1. The Morgan fingerprint density at radius 1 is 0.569 bits per heavy atom. The van der Waals surface area contributed by atoms with Crippen molar-refractivity contribution in [2.45, 2.75) is 324 Å². The number of carboxylic acid groups (broad SMARTS) is 1. The first-order valence-electron chi connectivity index (χ1n) is 36.0. The highest BCUT2D eigenvalue weighted by atomic mass is 16.8. The lowest BCUT2D eigenvalue weighted by Gasteiger charge is -2.75. The van der Waals surface area contributed by atoms with Crippen LogP contribution in [0.2, 0.25) is 0 Å². The number of ether oxygens (including phenoxy) is 13. The molecule has 5 saturated carbocycles. The molecular weight excluding hydrogens is 1350 g/mol. The van der Waals surface area contributed by atoms with Crippen molar-refractivity contribution in [3.8, 4) is 0 Å². The fourth-order valence-electron chi connectivity index (χ4n) is 20.5. The molecule has 6 aliphatic heterocycles. The minimum Gasteiger partial charge on any atom is -0.479 e. The third kappa shape index (κ3) is 13.0. The average Bonchev–Trinajstić information content (AvgIpc) is 1.39. The van der Waals surface area contributed by atoms with Crippen LogP contribution in [0.4, 0.5) is 0 Å². The summed E-state index contributed by atoms with van der Waals surface area (Å²) in [5, 5.41) is 181. The lowest BCUT2D eigenvalue weighted by atomic mass is 9.30. The second-order valence-electron chi connectivity index (χ2n) is 32.6. The highest BCUT2D eigenvalue weighted by Crippen LogP contribution is 2.82. The Labute approximate surface area is 591 Å². The minimum absolute atomic E-state index is 0.0987. The van der Waals surface area contributed by atoms with Crippen molar-refractivity contribution in [1.82, 2.24) is 0 Å². The Balaban J connectivity index is 0.911. The summed E-state index contributed by atoms with van der Waals surface area (Å²) in [5.74, 6) is -4.06. The second-order valence-corrected chi connectivity index (χ2v) is 32.6. The van der Waals surface area contributed by atoms with E-state index in [0.29, 0.717) is 50.5 Å². The van der Waals surface area contributed by atoms with Gasteiger partial charge in [-0.15, -0.1) is 0 Å². The number of esters is 2. The highest BCUT2D eigenvalue weighted by molar-refractivity contribution is 5.88. The molecule has 11 rings (SSSR count). The number of unbranched alkanes of at least 4 members (excludes halogenated alkanes) is 1. The SMILES string of the molecule is CC=C(C)C(=O)OC1C(OC(=O)C=CCCC)C23C(O)CC4(C)C5(C)CCC6C(C)(C)C(OC7OC(C(=O)O)C(O)C(OC8OC(CO)C(O)C(O)C8OC8OC(C)C(O)C(O)C8OC8OCC(O)C(O)C8O)C7OC7OC(CO)C(O)C(O)C7O)CCC6(C)C5CCC4(OC2O)C3CC1(C)C. The molecule has 32 heteroatoms. The Morgan fingerprint density at radius 2 is 1.15 bits per heavy atom. The monoisotopic (exact) mass is 1460 g/mol. The summed E-state index contributed by atoms with van der Waals surface area (Å²) < 4.78 is 81.5. The largest absolute Gasteiger partial charge is 0.479 e. The number of aliphatic hydroxyl groups excluding tert-OH is 15. The molecule has 6 saturated heterocycles. The molecule has 6 heterocycles.